The quantitative estimate of drug-likeness (QED) is 0.837. The molecule has 1 aliphatic rings. The molecule has 3 N–H and O–H groups in total. The van der Waals surface area contributed by atoms with Gasteiger partial charge < -0.3 is 11.1 Å². The van der Waals surface area contributed by atoms with Crippen molar-refractivity contribution in [1.82, 2.24) is 5.32 Å². The van der Waals surface area contributed by atoms with Gasteiger partial charge in [-0.05, 0) is 49.6 Å². The minimum Gasteiger partial charge on any atom is -0.349 e. The predicted octanol–water partition coefficient (Wildman–Crippen LogP) is 3.45. The van der Waals surface area contributed by atoms with Gasteiger partial charge in [0.2, 0.25) is 0 Å². The fourth-order valence-electron chi connectivity index (χ4n) is 2.49. The highest BCUT2D eigenvalue weighted by atomic mass is 35.5. The molecule has 1 aromatic rings. The van der Waals surface area contributed by atoms with Gasteiger partial charge in [0.1, 0.15) is 0 Å². The smallest absolute Gasteiger partial charge is 0.252 e. The fraction of sp³-hybridized carbons (Fsp3) is 0.533. The van der Waals surface area contributed by atoms with Crippen LogP contribution in [0, 0.1) is 0 Å². The summed E-state index contributed by atoms with van der Waals surface area (Å²) < 4.78 is 0. The van der Waals surface area contributed by atoms with Crippen LogP contribution in [0.15, 0.2) is 23.1 Å². The van der Waals surface area contributed by atoms with E-state index in [2.05, 4.69) is 12.2 Å². The third-order valence-corrected chi connectivity index (χ3v) is 4.78. The van der Waals surface area contributed by atoms with Gasteiger partial charge in [-0.15, -0.1) is 11.8 Å². The molecular weight excluding hydrogens is 292 g/mol. The van der Waals surface area contributed by atoms with Crippen molar-refractivity contribution in [3.8, 4) is 0 Å². The average Bonchev–Trinajstić information content (AvgIpc) is 2.43. The molecule has 0 aliphatic heterocycles. The van der Waals surface area contributed by atoms with E-state index in [1.807, 2.05) is 12.1 Å². The molecule has 110 valence electrons. The number of carbonyl (C=O) groups excluding carboxylic acids is 1. The lowest BCUT2D eigenvalue weighted by Crippen LogP contribution is -2.40. The largest absolute Gasteiger partial charge is 0.349 e. The van der Waals surface area contributed by atoms with E-state index in [0.29, 0.717) is 16.6 Å². The van der Waals surface area contributed by atoms with Gasteiger partial charge in [-0.25, -0.2) is 0 Å². The van der Waals surface area contributed by atoms with Crippen molar-refractivity contribution < 1.29 is 4.79 Å². The van der Waals surface area contributed by atoms with E-state index < -0.39 is 0 Å². The maximum atomic E-state index is 12.4. The summed E-state index contributed by atoms with van der Waals surface area (Å²) in [5.74, 6) is 0.907. The predicted molar refractivity (Wildman–Crippen MR) is 85.5 cm³/mol. The Morgan fingerprint density at radius 1 is 1.40 bits per heavy atom. The van der Waals surface area contributed by atoms with E-state index in [4.69, 9.17) is 17.3 Å². The molecule has 0 saturated heterocycles. The lowest BCUT2D eigenvalue weighted by atomic mass is 9.91. The number of rotatable bonds is 4. The Labute approximate surface area is 129 Å². The molecule has 0 atom stereocenters. The van der Waals surface area contributed by atoms with Crippen molar-refractivity contribution in [2.75, 3.05) is 5.75 Å². The number of nitrogens with two attached hydrogens (primary N) is 1. The molecule has 1 aliphatic carbocycles. The van der Waals surface area contributed by atoms with Crippen LogP contribution in [0.5, 0.6) is 0 Å². The molecule has 0 bridgehead atoms. The van der Waals surface area contributed by atoms with E-state index in [9.17, 15) is 4.79 Å². The Bertz CT molecular complexity index is 473. The number of carbonyl (C=O) groups is 1. The maximum Gasteiger partial charge on any atom is 0.252 e. The monoisotopic (exact) mass is 312 g/mol. The molecule has 1 aromatic carbocycles. The second kappa shape index (κ2) is 7.34. The van der Waals surface area contributed by atoms with Crippen LogP contribution in [0.25, 0.3) is 0 Å². The van der Waals surface area contributed by atoms with Crippen molar-refractivity contribution >= 4 is 29.3 Å². The van der Waals surface area contributed by atoms with Crippen LogP contribution in [0.2, 0.25) is 5.02 Å². The van der Waals surface area contributed by atoms with Crippen LogP contribution in [-0.4, -0.2) is 23.7 Å². The van der Waals surface area contributed by atoms with Gasteiger partial charge in [-0.1, -0.05) is 18.5 Å². The second-order valence-corrected chi connectivity index (χ2v) is 6.90. The third kappa shape index (κ3) is 4.14. The number of hydrogen-bond acceptors (Lipinski definition) is 3. The Kier molecular flexibility index (Phi) is 5.75. The van der Waals surface area contributed by atoms with E-state index in [1.165, 1.54) is 0 Å². The molecule has 5 heteroatoms. The number of benzene rings is 1. The summed E-state index contributed by atoms with van der Waals surface area (Å²) >= 11 is 7.68. The number of thioether (sulfide) groups is 1. The highest BCUT2D eigenvalue weighted by Gasteiger charge is 2.21. The van der Waals surface area contributed by atoms with Gasteiger partial charge in [0.25, 0.3) is 5.91 Å². The summed E-state index contributed by atoms with van der Waals surface area (Å²) in [7, 11) is 0. The molecule has 20 heavy (non-hydrogen) atoms. The number of amides is 1. The molecule has 1 saturated carbocycles. The number of hydrogen-bond donors (Lipinski definition) is 2. The molecule has 0 unspecified atom stereocenters. The maximum absolute atomic E-state index is 12.4. The second-order valence-electron chi connectivity index (χ2n) is 5.16. The van der Waals surface area contributed by atoms with E-state index in [0.717, 1.165) is 36.3 Å². The van der Waals surface area contributed by atoms with E-state index in [1.54, 1.807) is 17.8 Å². The zero-order chi connectivity index (χ0) is 14.5. The lowest BCUT2D eigenvalue weighted by molar-refractivity contribution is 0.0923. The number of nitrogens with one attached hydrogen (secondary N) is 1. The molecule has 2 rings (SSSR count). The van der Waals surface area contributed by atoms with Crippen LogP contribution in [-0.2, 0) is 0 Å². The molecule has 0 spiro atoms. The minimum atomic E-state index is -0.0241. The van der Waals surface area contributed by atoms with Crippen molar-refractivity contribution in [2.24, 2.45) is 5.73 Å². The summed E-state index contributed by atoms with van der Waals surface area (Å²) in [6, 6.07) is 6.03. The van der Waals surface area contributed by atoms with E-state index >= 15 is 0 Å². The van der Waals surface area contributed by atoms with Gasteiger partial charge in [-0.3, -0.25) is 4.79 Å². The lowest BCUT2D eigenvalue weighted by Gasteiger charge is -2.27. The Balaban J connectivity index is 2.06. The normalized spacial score (nSPS) is 22.6. The summed E-state index contributed by atoms with van der Waals surface area (Å²) in [5.41, 5.74) is 6.57. The van der Waals surface area contributed by atoms with Crippen molar-refractivity contribution in [3.05, 3.63) is 28.8 Å². The Hall–Kier alpha value is -0.710. The topological polar surface area (TPSA) is 55.1 Å². The van der Waals surface area contributed by atoms with Crippen molar-refractivity contribution in [3.63, 3.8) is 0 Å². The molecule has 0 radical (unpaired) electrons. The first-order chi connectivity index (χ1) is 9.60. The highest BCUT2D eigenvalue weighted by Crippen LogP contribution is 2.26. The first kappa shape index (κ1) is 15.7. The van der Waals surface area contributed by atoms with Crippen molar-refractivity contribution in [1.29, 1.82) is 0 Å². The highest BCUT2D eigenvalue weighted by molar-refractivity contribution is 7.99. The molecule has 1 fully saturated rings. The Morgan fingerprint density at radius 2 is 2.10 bits per heavy atom. The van der Waals surface area contributed by atoms with Gasteiger partial charge >= 0.3 is 0 Å². The minimum absolute atomic E-state index is 0.0241. The molecule has 0 heterocycles. The van der Waals surface area contributed by atoms with Crippen LogP contribution < -0.4 is 11.1 Å². The van der Waals surface area contributed by atoms with Gasteiger partial charge in [0.15, 0.2) is 0 Å². The summed E-state index contributed by atoms with van der Waals surface area (Å²) in [5, 5.41) is 3.71. The van der Waals surface area contributed by atoms with Gasteiger partial charge in [-0.2, -0.15) is 0 Å². The SMILES string of the molecule is CCSc1ccc(Cl)cc1C(=O)NC1CCC(N)CC1. The fourth-order valence-corrected chi connectivity index (χ4v) is 3.44. The first-order valence-electron chi connectivity index (χ1n) is 7.09. The molecular formula is C15H21ClN2OS. The zero-order valence-corrected chi connectivity index (χ0v) is 13.3. The van der Waals surface area contributed by atoms with Crippen molar-refractivity contribution in [2.45, 2.75) is 49.6 Å². The standard InChI is InChI=1S/C15H21ClN2OS/c1-2-20-14-8-3-10(16)9-13(14)15(19)18-12-6-4-11(17)5-7-12/h3,8-9,11-12H,2,4-7,17H2,1H3,(H,18,19). The Morgan fingerprint density at radius 3 is 2.75 bits per heavy atom. The molecule has 3 nitrogen and oxygen atoms in total. The van der Waals surface area contributed by atoms with Crippen LogP contribution in [0.1, 0.15) is 43.0 Å². The first-order valence-corrected chi connectivity index (χ1v) is 8.45. The zero-order valence-electron chi connectivity index (χ0n) is 11.7. The number of halogens is 1. The van der Waals surface area contributed by atoms with Crippen LogP contribution in [0.3, 0.4) is 0 Å². The molecule has 1 amide bonds. The van der Waals surface area contributed by atoms with Gasteiger partial charge in [0.05, 0.1) is 5.56 Å². The third-order valence-electron chi connectivity index (χ3n) is 3.59. The molecule has 0 aromatic heterocycles. The summed E-state index contributed by atoms with van der Waals surface area (Å²) in [6.45, 7) is 2.07. The van der Waals surface area contributed by atoms with E-state index in [-0.39, 0.29) is 11.9 Å². The van der Waals surface area contributed by atoms with Crippen LogP contribution >= 0.6 is 23.4 Å². The van der Waals surface area contributed by atoms with Crippen LogP contribution in [0.4, 0.5) is 0 Å². The average molecular weight is 313 g/mol. The van der Waals surface area contributed by atoms with Gasteiger partial charge in [0, 0.05) is 22.0 Å². The summed E-state index contributed by atoms with van der Waals surface area (Å²) in [6.07, 6.45) is 3.89. The summed E-state index contributed by atoms with van der Waals surface area (Å²) in [4.78, 5) is 13.4.